The predicted octanol–water partition coefficient (Wildman–Crippen LogP) is 1.32. The Labute approximate surface area is 89.4 Å². The molecule has 0 saturated heterocycles. The first kappa shape index (κ1) is 9.75. The molecule has 76 valence electrons. The van der Waals surface area contributed by atoms with Gasteiger partial charge in [-0.2, -0.15) is 0 Å². The highest BCUT2D eigenvalue weighted by atomic mass is 32.1. The number of carbonyl (C=O) groups excluding carboxylic acids is 1. The SMILES string of the molecule is O=C(NO)c1cncc(-c2cccs2)n1. The average molecular weight is 221 g/mol. The minimum atomic E-state index is -0.666. The van der Waals surface area contributed by atoms with Crippen LogP contribution in [0.1, 0.15) is 10.5 Å². The predicted molar refractivity (Wildman–Crippen MR) is 54.6 cm³/mol. The molecule has 0 fully saturated rings. The quantitative estimate of drug-likeness (QED) is 0.592. The van der Waals surface area contributed by atoms with Gasteiger partial charge in [-0.3, -0.25) is 15.0 Å². The summed E-state index contributed by atoms with van der Waals surface area (Å²) in [6.45, 7) is 0. The summed E-state index contributed by atoms with van der Waals surface area (Å²) in [6.07, 6.45) is 2.86. The number of aromatic nitrogens is 2. The number of hydrogen-bond acceptors (Lipinski definition) is 5. The fraction of sp³-hybridized carbons (Fsp3) is 0. The fourth-order valence-corrected chi connectivity index (χ4v) is 1.76. The lowest BCUT2D eigenvalue weighted by atomic mass is 10.3. The fourth-order valence-electron chi connectivity index (χ4n) is 1.08. The third kappa shape index (κ3) is 2.00. The highest BCUT2D eigenvalue weighted by molar-refractivity contribution is 7.13. The van der Waals surface area contributed by atoms with Crippen LogP contribution in [0.3, 0.4) is 0 Å². The number of thiophene rings is 1. The minimum Gasteiger partial charge on any atom is -0.288 e. The van der Waals surface area contributed by atoms with Crippen LogP contribution in [-0.2, 0) is 0 Å². The van der Waals surface area contributed by atoms with Gasteiger partial charge in [0.25, 0.3) is 5.91 Å². The first-order valence-corrected chi connectivity index (χ1v) is 4.99. The lowest BCUT2D eigenvalue weighted by Gasteiger charge is -1.99. The van der Waals surface area contributed by atoms with Gasteiger partial charge >= 0.3 is 0 Å². The van der Waals surface area contributed by atoms with E-state index in [1.54, 1.807) is 6.20 Å². The molecule has 0 spiro atoms. The van der Waals surface area contributed by atoms with E-state index in [1.807, 2.05) is 17.5 Å². The van der Waals surface area contributed by atoms with Crippen molar-refractivity contribution in [2.24, 2.45) is 0 Å². The molecule has 2 aromatic rings. The van der Waals surface area contributed by atoms with E-state index < -0.39 is 5.91 Å². The lowest BCUT2D eigenvalue weighted by molar-refractivity contribution is 0.0700. The first-order valence-electron chi connectivity index (χ1n) is 4.11. The zero-order chi connectivity index (χ0) is 10.7. The molecule has 0 aromatic carbocycles. The second kappa shape index (κ2) is 4.16. The van der Waals surface area contributed by atoms with E-state index in [-0.39, 0.29) is 5.69 Å². The van der Waals surface area contributed by atoms with Crippen LogP contribution in [0.25, 0.3) is 10.6 Å². The maximum absolute atomic E-state index is 11.1. The molecule has 15 heavy (non-hydrogen) atoms. The Balaban J connectivity index is 2.39. The summed E-state index contributed by atoms with van der Waals surface area (Å²) in [5.74, 6) is -0.666. The Morgan fingerprint density at radius 1 is 1.47 bits per heavy atom. The number of nitrogens with zero attached hydrogens (tertiary/aromatic N) is 2. The van der Waals surface area contributed by atoms with Gasteiger partial charge in [-0.05, 0) is 11.4 Å². The standard InChI is InChI=1S/C9H7N3O2S/c13-9(12-14)7-5-10-4-6(11-7)8-2-1-3-15-8/h1-5,14H,(H,12,13). The Morgan fingerprint density at radius 3 is 3.00 bits per heavy atom. The zero-order valence-electron chi connectivity index (χ0n) is 7.54. The number of carbonyl (C=O) groups is 1. The Hall–Kier alpha value is -1.79. The minimum absolute atomic E-state index is 0.0865. The van der Waals surface area contributed by atoms with E-state index in [0.717, 1.165) is 4.88 Å². The van der Waals surface area contributed by atoms with Crippen LogP contribution < -0.4 is 5.48 Å². The first-order chi connectivity index (χ1) is 7.31. The third-order valence-electron chi connectivity index (χ3n) is 1.74. The molecule has 0 atom stereocenters. The number of amides is 1. The molecule has 2 rings (SSSR count). The maximum Gasteiger partial charge on any atom is 0.294 e. The number of rotatable bonds is 2. The largest absolute Gasteiger partial charge is 0.294 e. The molecule has 2 heterocycles. The molecule has 0 saturated carbocycles. The summed E-state index contributed by atoms with van der Waals surface area (Å²) in [7, 11) is 0. The van der Waals surface area contributed by atoms with Gasteiger partial charge in [-0.1, -0.05) is 6.07 Å². The van der Waals surface area contributed by atoms with Crippen LogP contribution in [0.15, 0.2) is 29.9 Å². The average Bonchev–Trinajstić information content (AvgIpc) is 2.82. The van der Waals surface area contributed by atoms with Gasteiger partial charge in [0.05, 0.1) is 23.0 Å². The summed E-state index contributed by atoms with van der Waals surface area (Å²) < 4.78 is 0. The Morgan fingerprint density at radius 2 is 2.33 bits per heavy atom. The molecule has 0 unspecified atom stereocenters. The van der Waals surface area contributed by atoms with Gasteiger partial charge in [0, 0.05) is 0 Å². The van der Waals surface area contributed by atoms with Gasteiger partial charge in [-0.25, -0.2) is 10.5 Å². The molecule has 5 nitrogen and oxygen atoms in total. The number of hydroxylamine groups is 1. The van der Waals surface area contributed by atoms with Crippen LogP contribution in [0.2, 0.25) is 0 Å². The highest BCUT2D eigenvalue weighted by Crippen LogP contribution is 2.21. The second-order valence-corrected chi connectivity index (χ2v) is 3.66. The Bertz CT molecular complexity index is 470. The highest BCUT2D eigenvalue weighted by Gasteiger charge is 2.08. The molecule has 1 amide bonds. The van der Waals surface area contributed by atoms with E-state index in [2.05, 4.69) is 9.97 Å². The van der Waals surface area contributed by atoms with E-state index in [9.17, 15) is 4.79 Å². The van der Waals surface area contributed by atoms with E-state index in [0.29, 0.717) is 5.69 Å². The van der Waals surface area contributed by atoms with Gasteiger partial charge < -0.3 is 0 Å². The topological polar surface area (TPSA) is 75.1 Å². The van der Waals surface area contributed by atoms with E-state index >= 15 is 0 Å². The molecular formula is C9H7N3O2S. The summed E-state index contributed by atoms with van der Waals surface area (Å²) in [4.78, 5) is 19.9. The maximum atomic E-state index is 11.1. The molecule has 0 aliphatic heterocycles. The normalized spacial score (nSPS) is 9.93. The van der Waals surface area contributed by atoms with Crippen molar-refractivity contribution in [1.29, 1.82) is 0 Å². The van der Waals surface area contributed by atoms with Crippen molar-refractivity contribution in [2.75, 3.05) is 0 Å². The number of hydrogen-bond donors (Lipinski definition) is 2. The molecular weight excluding hydrogens is 214 g/mol. The summed E-state index contributed by atoms with van der Waals surface area (Å²) in [5, 5.41) is 10.4. The number of nitrogens with one attached hydrogen (secondary N) is 1. The van der Waals surface area contributed by atoms with Crippen molar-refractivity contribution in [3.63, 3.8) is 0 Å². The molecule has 2 N–H and O–H groups in total. The molecule has 6 heteroatoms. The monoisotopic (exact) mass is 221 g/mol. The third-order valence-corrected chi connectivity index (χ3v) is 2.63. The molecule has 2 aromatic heterocycles. The summed E-state index contributed by atoms with van der Waals surface area (Å²) >= 11 is 1.51. The second-order valence-electron chi connectivity index (χ2n) is 2.71. The molecule has 0 bridgehead atoms. The molecule has 0 radical (unpaired) electrons. The Kier molecular flexibility index (Phi) is 2.70. The van der Waals surface area contributed by atoms with E-state index in [4.69, 9.17) is 5.21 Å². The van der Waals surface area contributed by atoms with E-state index in [1.165, 1.54) is 23.0 Å². The van der Waals surface area contributed by atoms with Crippen LogP contribution in [-0.4, -0.2) is 21.1 Å². The van der Waals surface area contributed by atoms with Crippen LogP contribution in [0.5, 0.6) is 0 Å². The molecule has 0 aliphatic rings. The van der Waals surface area contributed by atoms with Crippen molar-refractivity contribution in [3.8, 4) is 10.6 Å². The van der Waals surface area contributed by atoms with Crippen molar-refractivity contribution in [1.82, 2.24) is 15.4 Å². The zero-order valence-corrected chi connectivity index (χ0v) is 8.36. The summed E-state index contributed by atoms with van der Waals surface area (Å²) in [5.41, 5.74) is 2.22. The van der Waals surface area contributed by atoms with Crippen molar-refractivity contribution >= 4 is 17.2 Å². The lowest BCUT2D eigenvalue weighted by Crippen LogP contribution is -2.20. The van der Waals surface area contributed by atoms with Gasteiger partial charge in [0.2, 0.25) is 0 Å². The van der Waals surface area contributed by atoms with Gasteiger partial charge in [0.15, 0.2) is 0 Å². The molecule has 0 aliphatic carbocycles. The van der Waals surface area contributed by atoms with Crippen LogP contribution >= 0.6 is 11.3 Å². The van der Waals surface area contributed by atoms with Crippen LogP contribution in [0, 0.1) is 0 Å². The van der Waals surface area contributed by atoms with Crippen molar-refractivity contribution < 1.29 is 10.0 Å². The van der Waals surface area contributed by atoms with Gasteiger partial charge in [-0.15, -0.1) is 11.3 Å². The van der Waals surface area contributed by atoms with Crippen LogP contribution in [0.4, 0.5) is 0 Å². The summed E-state index contributed by atoms with van der Waals surface area (Å²) in [6, 6.07) is 3.77. The van der Waals surface area contributed by atoms with Crippen molar-refractivity contribution in [3.05, 3.63) is 35.6 Å². The smallest absolute Gasteiger partial charge is 0.288 e. The van der Waals surface area contributed by atoms with Crippen molar-refractivity contribution in [2.45, 2.75) is 0 Å². The van der Waals surface area contributed by atoms with Gasteiger partial charge in [0.1, 0.15) is 5.69 Å².